The first-order valence-electron chi connectivity index (χ1n) is 7.79. The normalized spacial score (nSPS) is 10.1. The number of nitrogens with one attached hydrogen (secondary N) is 3. The number of amides is 3. The second-order valence-electron chi connectivity index (χ2n) is 5.45. The van der Waals surface area contributed by atoms with Crippen LogP contribution in [-0.2, 0) is 16.1 Å². The Morgan fingerprint density at radius 2 is 1.78 bits per heavy atom. The number of hydrogen-bond donors (Lipinski definition) is 3. The quantitative estimate of drug-likeness (QED) is 0.563. The van der Waals surface area contributed by atoms with E-state index in [4.69, 9.17) is 0 Å². The molecule has 0 saturated heterocycles. The molecule has 142 valence electrons. The van der Waals surface area contributed by atoms with E-state index in [1.165, 1.54) is 31.2 Å². The molecular formula is C18H17F2N3O4. The summed E-state index contributed by atoms with van der Waals surface area (Å²) in [6.07, 6.45) is 0. The molecule has 0 aliphatic rings. The van der Waals surface area contributed by atoms with E-state index in [9.17, 15) is 23.2 Å². The molecule has 3 N–H and O–H groups in total. The first-order valence-corrected chi connectivity index (χ1v) is 7.79. The van der Waals surface area contributed by atoms with Gasteiger partial charge in [0.05, 0.1) is 7.11 Å². The number of urea groups is 1. The van der Waals surface area contributed by atoms with Gasteiger partial charge in [-0.2, -0.15) is 0 Å². The number of halogens is 2. The molecule has 9 heteroatoms. The molecule has 0 bridgehead atoms. The van der Waals surface area contributed by atoms with Gasteiger partial charge in [-0.15, -0.1) is 0 Å². The van der Waals surface area contributed by atoms with Crippen molar-refractivity contribution in [1.29, 1.82) is 0 Å². The van der Waals surface area contributed by atoms with Gasteiger partial charge in [-0.3, -0.25) is 10.2 Å². The molecule has 7 nitrogen and oxygen atoms in total. The van der Waals surface area contributed by atoms with E-state index in [2.05, 4.69) is 20.9 Å². The lowest BCUT2D eigenvalue weighted by Gasteiger charge is -2.12. The topological polar surface area (TPSA) is 96.5 Å². The molecule has 0 heterocycles. The largest absolute Gasteiger partial charge is 0.465 e. The number of methoxy groups -OCH3 is 1. The third kappa shape index (κ3) is 5.00. The summed E-state index contributed by atoms with van der Waals surface area (Å²) in [6.45, 7) is 1.07. The van der Waals surface area contributed by atoms with Crippen LogP contribution in [0.3, 0.4) is 0 Å². The SMILES string of the molecule is COC(=O)c1c(F)cccc1-c1ccc(CNC(=O)NNC(C)=O)c(F)c1. The minimum atomic E-state index is -0.871. The van der Waals surface area contributed by atoms with Crippen molar-refractivity contribution < 1.29 is 27.9 Å². The molecule has 0 radical (unpaired) electrons. The number of carbonyl (C=O) groups excluding carboxylic acids is 3. The highest BCUT2D eigenvalue weighted by molar-refractivity contribution is 5.97. The molecular weight excluding hydrogens is 360 g/mol. The van der Waals surface area contributed by atoms with E-state index >= 15 is 0 Å². The smallest absolute Gasteiger partial charge is 0.341 e. The first kappa shape index (κ1) is 19.8. The van der Waals surface area contributed by atoms with E-state index in [0.29, 0.717) is 0 Å². The lowest BCUT2D eigenvalue weighted by atomic mass is 9.98. The van der Waals surface area contributed by atoms with Crippen LogP contribution in [0.25, 0.3) is 11.1 Å². The van der Waals surface area contributed by atoms with Crippen molar-refractivity contribution in [2.45, 2.75) is 13.5 Å². The van der Waals surface area contributed by atoms with E-state index in [1.807, 2.05) is 0 Å². The molecule has 0 atom stereocenters. The van der Waals surface area contributed by atoms with Crippen LogP contribution in [0.1, 0.15) is 22.8 Å². The van der Waals surface area contributed by atoms with Crippen molar-refractivity contribution in [2.24, 2.45) is 0 Å². The Labute approximate surface area is 153 Å². The minimum absolute atomic E-state index is 0.148. The van der Waals surface area contributed by atoms with Gasteiger partial charge < -0.3 is 10.1 Å². The van der Waals surface area contributed by atoms with Crippen LogP contribution in [-0.4, -0.2) is 25.0 Å². The van der Waals surface area contributed by atoms with Crippen molar-refractivity contribution in [3.8, 4) is 11.1 Å². The van der Waals surface area contributed by atoms with Gasteiger partial charge in [0.2, 0.25) is 5.91 Å². The van der Waals surface area contributed by atoms with Gasteiger partial charge in [-0.1, -0.05) is 24.3 Å². The second-order valence-corrected chi connectivity index (χ2v) is 5.45. The molecule has 2 aromatic rings. The number of rotatable bonds is 4. The summed E-state index contributed by atoms with van der Waals surface area (Å²) >= 11 is 0. The Morgan fingerprint density at radius 3 is 2.41 bits per heavy atom. The summed E-state index contributed by atoms with van der Waals surface area (Å²) < 4.78 is 33.0. The summed E-state index contributed by atoms with van der Waals surface area (Å²) in [5.41, 5.74) is 4.49. The number of hydrogen-bond acceptors (Lipinski definition) is 4. The molecule has 2 rings (SSSR count). The summed E-state index contributed by atoms with van der Waals surface area (Å²) in [7, 11) is 1.12. The standard InChI is InChI=1S/C18H17F2N3O4/c1-10(24)22-23-18(26)21-9-12-7-6-11(8-15(12)20)13-4-3-5-14(19)16(13)17(25)27-2/h3-8H,9H2,1-2H3,(H,22,24)(H2,21,23,26). The van der Waals surface area contributed by atoms with Gasteiger partial charge in [0.25, 0.3) is 0 Å². The van der Waals surface area contributed by atoms with Crippen molar-refractivity contribution in [3.05, 3.63) is 59.2 Å². The fraction of sp³-hybridized carbons (Fsp3) is 0.167. The summed E-state index contributed by atoms with van der Waals surface area (Å²) in [5.74, 6) is -2.77. The Kier molecular flexibility index (Phi) is 6.42. The predicted octanol–water partition coefficient (Wildman–Crippen LogP) is 2.27. The molecule has 27 heavy (non-hydrogen) atoms. The van der Waals surface area contributed by atoms with Crippen LogP contribution in [0.4, 0.5) is 13.6 Å². The van der Waals surface area contributed by atoms with Crippen molar-refractivity contribution in [3.63, 3.8) is 0 Å². The van der Waals surface area contributed by atoms with E-state index in [-0.39, 0.29) is 28.8 Å². The fourth-order valence-corrected chi connectivity index (χ4v) is 2.30. The van der Waals surface area contributed by atoms with Crippen LogP contribution in [0.15, 0.2) is 36.4 Å². The highest BCUT2D eigenvalue weighted by Crippen LogP contribution is 2.28. The molecule has 0 unspecified atom stereocenters. The lowest BCUT2D eigenvalue weighted by molar-refractivity contribution is -0.119. The Balaban J connectivity index is 2.20. The van der Waals surface area contributed by atoms with Gasteiger partial charge in [0, 0.05) is 19.0 Å². The Bertz CT molecular complexity index is 887. The molecule has 3 amide bonds. The van der Waals surface area contributed by atoms with Crippen molar-refractivity contribution in [1.82, 2.24) is 16.2 Å². The maximum absolute atomic E-state index is 14.4. The molecule has 0 spiro atoms. The lowest BCUT2D eigenvalue weighted by Crippen LogP contribution is -2.45. The number of carbonyl (C=O) groups is 3. The predicted molar refractivity (Wildman–Crippen MR) is 92.3 cm³/mol. The second kappa shape index (κ2) is 8.75. The Morgan fingerprint density at radius 1 is 1.04 bits per heavy atom. The maximum Gasteiger partial charge on any atom is 0.341 e. The summed E-state index contributed by atoms with van der Waals surface area (Å²) in [4.78, 5) is 34.0. The van der Waals surface area contributed by atoms with Gasteiger partial charge in [0.1, 0.15) is 17.2 Å². The zero-order valence-electron chi connectivity index (χ0n) is 14.6. The zero-order valence-corrected chi connectivity index (χ0v) is 14.6. The number of esters is 1. The number of benzene rings is 2. The number of hydrazine groups is 1. The third-order valence-electron chi connectivity index (χ3n) is 3.56. The highest BCUT2D eigenvalue weighted by atomic mass is 19.1. The molecule has 0 aromatic heterocycles. The van der Waals surface area contributed by atoms with Crippen LogP contribution < -0.4 is 16.2 Å². The van der Waals surface area contributed by atoms with Crippen LogP contribution >= 0.6 is 0 Å². The average Bonchev–Trinajstić information content (AvgIpc) is 2.64. The average molecular weight is 377 g/mol. The molecule has 2 aromatic carbocycles. The molecule has 0 aliphatic heterocycles. The molecule has 0 saturated carbocycles. The molecule has 0 fully saturated rings. The first-order chi connectivity index (χ1) is 12.8. The van der Waals surface area contributed by atoms with E-state index in [1.54, 1.807) is 0 Å². The molecule has 0 aliphatic carbocycles. The van der Waals surface area contributed by atoms with E-state index < -0.39 is 29.5 Å². The highest BCUT2D eigenvalue weighted by Gasteiger charge is 2.19. The maximum atomic E-state index is 14.4. The Hall–Kier alpha value is -3.49. The van der Waals surface area contributed by atoms with Gasteiger partial charge in [-0.25, -0.2) is 23.8 Å². The van der Waals surface area contributed by atoms with Gasteiger partial charge in [0.15, 0.2) is 0 Å². The third-order valence-corrected chi connectivity index (χ3v) is 3.56. The monoisotopic (exact) mass is 377 g/mol. The fourth-order valence-electron chi connectivity index (χ4n) is 2.30. The van der Waals surface area contributed by atoms with Gasteiger partial charge in [-0.05, 0) is 23.3 Å². The minimum Gasteiger partial charge on any atom is -0.465 e. The summed E-state index contributed by atoms with van der Waals surface area (Å²) in [6, 6.07) is 7.29. The summed E-state index contributed by atoms with van der Waals surface area (Å²) in [5, 5.41) is 2.36. The van der Waals surface area contributed by atoms with Crippen LogP contribution in [0, 0.1) is 11.6 Å². The van der Waals surface area contributed by atoms with E-state index in [0.717, 1.165) is 19.2 Å². The van der Waals surface area contributed by atoms with Gasteiger partial charge >= 0.3 is 12.0 Å². The zero-order chi connectivity index (χ0) is 20.0. The van der Waals surface area contributed by atoms with Crippen LogP contribution in [0.5, 0.6) is 0 Å². The van der Waals surface area contributed by atoms with Crippen LogP contribution in [0.2, 0.25) is 0 Å². The van der Waals surface area contributed by atoms with Crippen molar-refractivity contribution >= 4 is 17.9 Å². The van der Waals surface area contributed by atoms with Crippen molar-refractivity contribution in [2.75, 3.05) is 7.11 Å². The number of ether oxygens (including phenoxy) is 1.